The summed E-state index contributed by atoms with van der Waals surface area (Å²) in [5.41, 5.74) is 16.7. The highest BCUT2D eigenvalue weighted by molar-refractivity contribution is 5.87. The van der Waals surface area contributed by atoms with E-state index in [2.05, 4.69) is 79.9 Å². The number of carbonyl (C=O) groups is 2. The summed E-state index contributed by atoms with van der Waals surface area (Å²) in [6, 6.07) is -0.570. The lowest BCUT2D eigenvalue weighted by Crippen LogP contribution is -2.47. The van der Waals surface area contributed by atoms with Gasteiger partial charge in [0.25, 0.3) is 0 Å². The van der Waals surface area contributed by atoms with Crippen LogP contribution in [-0.4, -0.2) is 57.4 Å². The lowest BCUT2D eigenvalue weighted by atomic mass is 9.75. The highest BCUT2D eigenvalue weighted by Crippen LogP contribution is 2.49. The van der Waals surface area contributed by atoms with Crippen LogP contribution < -0.4 is 16.4 Å². The molecule has 0 fully saturated rings. The van der Waals surface area contributed by atoms with Crippen molar-refractivity contribution in [3.05, 3.63) is 44.6 Å². The van der Waals surface area contributed by atoms with Crippen LogP contribution in [-0.2, 0) is 19.1 Å². The number of rotatable bonds is 18. The van der Waals surface area contributed by atoms with E-state index in [1.54, 1.807) is 0 Å². The van der Waals surface area contributed by atoms with E-state index in [-0.39, 0.29) is 22.6 Å². The fourth-order valence-corrected chi connectivity index (χ4v) is 6.45. The Kier molecular flexibility index (Phi) is 13.7. The average molecular weight is 586 g/mol. The van der Waals surface area contributed by atoms with Gasteiger partial charge in [0.15, 0.2) is 0 Å². The highest BCUT2D eigenvalue weighted by Gasteiger charge is 2.37. The van der Waals surface area contributed by atoms with Crippen molar-refractivity contribution >= 4 is 11.8 Å². The third kappa shape index (κ3) is 8.45. The number of amides is 2. The SMILES string of the molecule is CC1=C(C)C(C)(CCOCCOCCNC(=O)[C@H](CCCCN)NC(=O)CCC2(C)C(C)=C(C)C(C)=C2C)C(C)=C1C. The average Bonchev–Trinajstić information content (AvgIpc) is 3.21. The molecule has 0 unspecified atom stereocenters. The van der Waals surface area contributed by atoms with Crippen LogP contribution >= 0.6 is 0 Å². The van der Waals surface area contributed by atoms with Gasteiger partial charge in [-0.1, -0.05) is 36.1 Å². The third-order valence-corrected chi connectivity index (χ3v) is 10.8. The number of hydrogen-bond donors (Lipinski definition) is 3. The first kappa shape index (κ1) is 36.0. The monoisotopic (exact) mass is 585 g/mol. The lowest BCUT2D eigenvalue weighted by molar-refractivity contribution is -0.129. The van der Waals surface area contributed by atoms with E-state index in [0.717, 1.165) is 25.7 Å². The molecule has 2 amide bonds. The second-order valence-corrected chi connectivity index (χ2v) is 12.8. The number of hydrogen-bond acceptors (Lipinski definition) is 5. The second kappa shape index (κ2) is 16.0. The summed E-state index contributed by atoms with van der Waals surface area (Å²) in [5, 5.41) is 5.92. The topological polar surface area (TPSA) is 103 Å². The molecule has 0 aromatic heterocycles. The van der Waals surface area contributed by atoms with Crippen LogP contribution in [0.1, 0.15) is 108 Å². The Balaban J connectivity index is 1.71. The molecule has 2 aliphatic rings. The predicted octanol–water partition coefficient (Wildman–Crippen LogP) is 6.31. The highest BCUT2D eigenvalue weighted by atomic mass is 16.5. The molecule has 42 heavy (non-hydrogen) atoms. The maximum atomic E-state index is 13.0. The zero-order valence-electron chi connectivity index (χ0n) is 28.3. The minimum atomic E-state index is -0.570. The van der Waals surface area contributed by atoms with E-state index < -0.39 is 6.04 Å². The van der Waals surface area contributed by atoms with Crippen LogP contribution in [0, 0.1) is 10.8 Å². The zero-order valence-corrected chi connectivity index (χ0v) is 28.3. The maximum Gasteiger partial charge on any atom is 0.242 e. The summed E-state index contributed by atoms with van der Waals surface area (Å²) in [4.78, 5) is 25.9. The molecule has 0 radical (unpaired) electrons. The summed E-state index contributed by atoms with van der Waals surface area (Å²) in [5.74, 6) is -0.262. The van der Waals surface area contributed by atoms with Crippen LogP contribution in [0.2, 0.25) is 0 Å². The van der Waals surface area contributed by atoms with E-state index in [1.165, 1.54) is 44.6 Å². The normalized spacial score (nSPS) is 18.8. The van der Waals surface area contributed by atoms with Crippen LogP contribution in [0.25, 0.3) is 0 Å². The predicted molar refractivity (Wildman–Crippen MR) is 173 cm³/mol. The fraction of sp³-hybridized carbons (Fsp3) is 0.714. The van der Waals surface area contributed by atoms with Gasteiger partial charge in [0.05, 0.1) is 19.8 Å². The molecule has 1 atom stereocenters. The summed E-state index contributed by atoms with van der Waals surface area (Å²) in [7, 11) is 0. The van der Waals surface area contributed by atoms with Gasteiger partial charge in [-0.15, -0.1) is 0 Å². The Bertz CT molecular complexity index is 1060. The minimum Gasteiger partial charge on any atom is -0.379 e. The molecule has 238 valence electrons. The molecule has 7 nitrogen and oxygen atoms in total. The Labute approximate surface area is 255 Å². The Morgan fingerprint density at radius 3 is 1.69 bits per heavy atom. The standard InChI is InChI=1S/C35H59N3O4/c1-23-24(2)28(6)34(9,27(23)5)15-14-32(39)38-31(13-11-12-17-36)33(40)37-18-20-42-22-21-41-19-16-35(10)29(7)25(3)26(4)30(35)8/h31H,11-22,36H2,1-10H3,(H,37,40)(H,38,39)/t31-/m0/s1. The van der Waals surface area contributed by atoms with Crippen molar-refractivity contribution in [1.82, 2.24) is 10.6 Å². The number of unbranched alkanes of at least 4 members (excludes halogenated alkanes) is 1. The number of nitrogens with one attached hydrogen (secondary N) is 2. The van der Waals surface area contributed by atoms with Gasteiger partial charge in [-0.3, -0.25) is 9.59 Å². The van der Waals surface area contributed by atoms with Crippen LogP contribution in [0.3, 0.4) is 0 Å². The molecule has 2 rings (SSSR count). The number of allylic oxidation sites excluding steroid dienone is 8. The van der Waals surface area contributed by atoms with Crippen molar-refractivity contribution < 1.29 is 19.1 Å². The first-order chi connectivity index (χ1) is 19.7. The Morgan fingerprint density at radius 2 is 1.19 bits per heavy atom. The zero-order chi connectivity index (χ0) is 31.7. The van der Waals surface area contributed by atoms with Gasteiger partial charge < -0.3 is 25.8 Å². The number of nitrogens with two attached hydrogens (primary N) is 1. The van der Waals surface area contributed by atoms with Crippen LogP contribution in [0.4, 0.5) is 0 Å². The molecule has 0 bridgehead atoms. The van der Waals surface area contributed by atoms with Gasteiger partial charge in [0.2, 0.25) is 11.8 Å². The van der Waals surface area contributed by atoms with E-state index in [9.17, 15) is 9.59 Å². The molecule has 0 spiro atoms. The molecular weight excluding hydrogens is 526 g/mol. The molecule has 7 heteroatoms. The molecule has 0 saturated carbocycles. The fourth-order valence-electron chi connectivity index (χ4n) is 6.45. The summed E-state index contributed by atoms with van der Waals surface area (Å²) in [6.07, 6.45) is 4.22. The van der Waals surface area contributed by atoms with Gasteiger partial charge in [-0.25, -0.2) is 0 Å². The van der Waals surface area contributed by atoms with Crippen molar-refractivity contribution in [3.8, 4) is 0 Å². The summed E-state index contributed by atoms with van der Waals surface area (Å²) >= 11 is 0. The van der Waals surface area contributed by atoms with Crippen molar-refractivity contribution in [1.29, 1.82) is 0 Å². The lowest BCUT2D eigenvalue weighted by Gasteiger charge is -2.29. The largest absolute Gasteiger partial charge is 0.379 e. The quantitative estimate of drug-likeness (QED) is 0.164. The summed E-state index contributed by atoms with van der Waals surface area (Å²) in [6.45, 7) is 25.1. The first-order valence-corrected chi connectivity index (χ1v) is 15.9. The van der Waals surface area contributed by atoms with Crippen molar-refractivity contribution in [3.63, 3.8) is 0 Å². The molecule has 0 saturated heterocycles. The van der Waals surface area contributed by atoms with E-state index in [1.807, 2.05) is 0 Å². The Morgan fingerprint density at radius 1 is 0.714 bits per heavy atom. The van der Waals surface area contributed by atoms with Crippen molar-refractivity contribution in [2.45, 2.75) is 114 Å². The first-order valence-electron chi connectivity index (χ1n) is 15.9. The molecule has 0 aliphatic heterocycles. The van der Waals surface area contributed by atoms with Gasteiger partial charge in [0, 0.05) is 30.4 Å². The molecule has 0 aromatic carbocycles. The van der Waals surface area contributed by atoms with Gasteiger partial charge in [-0.2, -0.15) is 0 Å². The molecule has 4 N–H and O–H groups in total. The Hall–Kier alpha value is -2.22. The van der Waals surface area contributed by atoms with Crippen LogP contribution in [0.5, 0.6) is 0 Å². The van der Waals surface area contributed by atoms with E-state index >= 15 is 0 Å². The van der Waals surface area contributed by atoms with Crippen molar-refractivity contribution in [2.24, 2.45) is 16.6 Å². The van der Waals surface area contributed by atoms with Crippen molar-refractivity contribution in [2.75, 3.05) is 39.5 Å². The number of carbonyl (C=O) groups excluding carboxylic acids is 2. The van der Waals surface area contributed by atoms with Gasteiger partial charge >= 0.3 is 0 Å². The molecule has 0 aromatic rings. The summed E-state index contributed by atoms with van der Waals surface area (Å²) < 4.78 is 11.6. The molecule has 2 aliphatic carbocycles. The maximum absolute atomic E-state index is 13.0. The molecular formula is C35H59N3O4. The van der Waals surface area contributed by atoms with Crippen LogP contribution in [0.15, 0.2) is 44.6 Å². The minimum absolute atomic E-state index is 0.0773. The van der Waals surface area contributed by atoms with E-state index in [0.29, 0.717) is 52.4 Å². The second-order valence-electron chi connectivity index (χ2n) is 12.8. The number of ether oxygens (including phenoxy) is 2. The smallest absolute Gasteiger partial charge is 0.242 e. The molecule has 0 heterocycles. The third-order valence-electron chi connectivity index (χ3n) is 10.8. The van der Waals surface area contributed by atoms with Gasteiger partial charge in [-0.05, 0) is 116 Å². The van der Waals surface area contributed by atoms with Gasteiger partial charge in [0.1, 0.15) is 6.04 Å². The van der Waals surface area contributed by atoms with E-state index in [4.69, 9.17) is 15.2 Å².